The lowest BCUT2D eigenvalue weighted by molar-refractivity contribution is -0.130. The molecule has 2 aromatic rings. The Balaban J connectivity index is 1.96. The van der Waals surface area contributed by atoms with Crippen LogP contribution in [0, 0.1) is 0 Å². The van der Waals surface area contributed by atoms with Crippen LogP contribution in [0.1, 0.15) is 5.56 Å². The zero-order valence-electron chi connectivity index (χ0n) is 13.7. The smallest absolute Gasteiger partial charge is 0.246 e. The summed E-state index contributed by atoms with van der Waals surface area (Å²) in [6.07, 6.45) is 0.337. The molecule has 2 amide bonds. The lowest BCUT2D eigenvalue weighted by Crippen LogP contribution is -2.47. The third-order valence-corrected chi connectivity index (χ3v) is 3.60. The van der Waals surface area contributed by atoms with Crippen molar-refractivity contribution in [3.8, 4) is 0 Å². The topological polar surface area (TPSA) is 90.7 Å². The molecule has 0 bridgehead atoms. The Labute approximate surface area is 140 Å². The number of nitrogens with one attached hydrogen (secondary N) is 1. The van der Waals surface area contributed by atoms with E-state index in [0.717, 1.165) is 16.3 Å². The van der Waals surface area contributed by atoms with Gasteiger partial charge in [-0.1, -0.05) is 42.5 Å². The highest BCUT2D eigenvalue weighted by atomic mass is 16.5. The predicted octanol–water partition coefficient (Wildman–Crippen LogP) is 1.02. The summed E-state index contributed by atoms with van der Waals surface area (Å²) in [5.74, 6) is -0.955. The second kappa shape index (κ2) is 9.00. The normalized spacial score (nSPS) is 12.0. The van der Waals surface area contributed by atoms with Crippen molar-refractivity contribution in [1.29, 1.82) is 0 Å². The second-order valence-corrected chi connectivity index (χ2v) is 5.45. The monoisotopic (exact) mass is 330 g/mol. The molecule has 0 saturated carbocycles. The molecule has 2 rings (SSSR count). The van der Waals surface area contributed by atoms with Gasteiger partial charge in [0, 0.05) is 13.5 Å². The number of carbonyl (C=O) groups excluding carboxylic acids is 2. The minimum absolute atomic E-state index is 0.134. The first-order chi connectivity index (χ1) is 11.6. The minimum atomic E-state index is -0.773. The fourth-order valence-corrected chi connectivity index (χ4v) is 2.37. The van der Waals surface area contributed by atoms with E-state index in [1.165, 1.54) is 0 Å². The number of rotatable bonds is 9. The first-order valence-electron chi connectivity index (χ1n) is 7.73. The third-order valence-electron chi connectivity index (χ3n) is 3.60. The van der Waals surface area contributed by atoms with Crippen molar-refractivity contribution in [2.24, 2.45) is 5.73 Å². The van der Waals surface area contributed by atoms with Crippen LogP contribution in [0.3, 0.4) is 0 Å². The number of benzene rings is 2. The van der Waals surface area contributed by atoms with Gasteiger partial charge in [-0.3, -0.25) is 9.59 Å². The van der Waals surface area contributed by atoms with Gasteiger partial charge in [-0.25, -0.2) is 0 Å². The lowest BCUT2D eigenvalue weighted by atomic mass is 10.0. The van der Waals surface area contributed by atoms with Crippen LogP contribution in [0.5, 0.6) is 0 Å². The maximum atomic E-state index is 11.8. The van der Waals surface area contributed by atoms with Gasteiger partial charge in [0.25, 0.3) is 0 Å². The Morgan fingerprint density at radius 2 is 1.88 bits per heavy atom. The zero-order chi connectivity index (χ0) is 17.4. The highest BCUT2D eigenvalue weighted by Gasteiger charge is 2.18. The molecule has 0 aliphatic heterocycles. The maximum absolute atomic E-state index is 11.8. The van der Waals surface area contributed by atoms with E-state index in [1.54, 1.807) is 7.11 Å². The summed E-state index contributed by atoms with van der Waals surface area (Å²) in [7, 11) is 1.55. The van der Waals surface area contributed by atoms with Crippen LogP contribution >= 0.6 is 0 Å². The number of primary amides is 1. The number of carbonyl (C=O) groups is 2. The van der Waals surface area contributed by atoms with Crippen molar-refractivity contribution >= 4 is 22.6 Å². The minimum Gasteiger partial charge on any atom is -0.382 e. The molecular formula is C18H22N2O4. The van der Waals surface area contributed by atoms with Gasteiger partial charge < -0.3 is 20.5 Å². The van der Waals surface area contributed by atoms with E-state index in [9.17, 15) is 9.59 Å². The lowest BCUT2D eigenvalue weighted by Gasteiger charge is -2.16. The standard InChI is InChI=1S/C18H22N2O4/c1-23-8-9-24-12-17(21)20-16(18(19)22)11-13-6-7-14-4-2-3-5-15(14)10-13/h2-7,10,16H,8-9,11-12H2,1H3,(H2,19,22)(H,20,21)/t16-/m0/s1. The van der Waals surface area contributed by atoms with Crippen molar-refractivity contribution in [3.63, 3.8) is 0 Å². The summed E-state index contributed by atoms with van der Waals surface area (Å²) in [5.41, 5.74) is 6.34. The summed E-state index contributed by atoms with van der Waals surface area (Å²) in [6, 6.07) is 13.1. The molecule has 3 N–H and O–H groups in total. The van der Waals surface area contributed by atoms with E-state index in [0.29, 0.717) is 19.6 Å². The van der Waals surface area contributed by atoms with Gasteiger partial charge in [-0.05, 0) is 16.3 Å². The van der Waals surface area contributed by atoms with Crippen LogP contribution in [0.15, 0.2) is 42.5 Å². The molecule has 0 aromatic heterocycles. The van der Waals surface area contributed by atoms with Crippen molar-refractivity contribution in [2.45, 2.75) is 12.5 Å². The summed E-state index contributed by atoms with van der Waals surface area (Å²) in [4.78, 5) is 23.5. The summed E-state index contributed by atoms with van der Waals surface area (Å²) < 4.78 is 9.96. The molecule has 24 heavy (non-hydrogen) atoms. The molecule has 128 valence electrons. The number of methoxy groups -OCH3 is 1. The van der Waals surface area contributed by atoms with Gasteiger partial charge in [-0.15, -0.1) is 0 Å². The summed E-state index contributed by atoms with van der Waals surface area (Å²) in [5, 5.41) is 4.80. The highest BCUT2D eigenvalue weighted by molar-refractivity contribution is 5.88. The number of ether oxygens (including phenoxy) is 2. The van der Waals surface area contributed by atoms with Gasteiger partial charge in [0.15, 0.2) is 0 Å². The number of fused-ring (bicyclic) bond motifs is 1. The molecular weight excluding hydrogens is 308 g/mol. The Kier molecular flexibility index (Phi) is 6.72. The van der Waals surface area contributed by atoms with E-state index >= 15 is 0 Å². The Hall–Kier alpha value is -2.44. The second-order valence-electron chi connectivity index (χ2n) is 5.45. The average molecular weight is 330 g/mol. The van der Waals surface area contributed by atoms with Gasteiger partial charge in [0.2, 0.25) is 11.8 Å². The van der Waals surface area contributed by atoms with Crippen LogP contribution < -0.4 is 11.1 Å². The van der Waals surface area contributed by atoms with E-state index in [4.69, 9.17) is 15.2 Å². The quantitative estimate of drug-likeness (QED) is 0.672. The third kappa shape index (κ3) is 5.33. The largest absolute Gasteiger partial charge is 0.382 e. The van der Waals surface area contributed by atoms with Crippen LogP contribution in [0.25, 0.3) is 10.8 Å². The fourth-order valence-electron chi connectivity index (χ4n) is 2.37. The van der Waals surface area contributed by atoms with Crippen molar-refractivity contribution in [3.05, 3.63) is 48.0 Å². The summed E-state index contributed by atoms with van der Waals surface area (Å²) in [6.45, 7) is 0.588. The molecule has 1 atom stereocenters. The molecule has 0 radical (unpaired) electrons. The van der Waals surface area contributed by atoms with E-state index in [2.05, 4.69) is 5.32 Å². The van der Waals surface area contributed by atoms with Crippen molar-refractivity contribution in [1.82, 2.24) is 5.32 Å². The number of nitrogens with two attached hydrogens (primary N) is 1. The van der Waals surface area contributed by atoms with E-state index in [1.807, 2.05) is 42.5 Å². The molecule has 0 spiro atoms. The predicted molar refractivity (Wildman–Crippen MR) is 91.5 cm³/mol. The molecule has 0 aliphatic rings. The number of hydrogen-bond acceptors (Lipinski definition) is 4. The first kappa shape index (κ1) is 17.9. The van der Waals surface area contributed by atoms with Gasteiger partial charge in [0.1, 0.15) is 12.6 Å². The molecule has 0 heterocycles. The van der Waals surface area contributed by atoms with Crippen molar-refractivity contribution < 1.29 is 19.1 Å². The van der Waals surface area contributed by atoms with Crippen LogP contribution in [0.4, 0.5) is 0 Å². The summed E-state index contributed by atoms with van der Waals surface area (Å²) >= 11 is 0. The first-order valence-corrected chi connectivity index (χ1v) is 7.73. The van der Waals surface area contributed by atoms with Crippen molar-refractivity contribution in [2.75, 3.05) is 26.9 Å². The van der Waals surface area contributed by atoms with E-state index in [-0.39, 0.29) is 12.5 Å². The fraction of sp³-hybridized carbons (Fsp3) is 0.333. The van der Waals surface area contributed by atoms with Crippen LogP contribution in [0.2, 0.25) is 0 Å². The number of amides is 2. The van der Waals surface area contributed by atoms with Gasteiger partial charge >= 0.3 is 0 Å². The molecule has 0 unspecified atom stereocenters. The maximum Gasteiger partial charge on any atom is 0.246 e. The Bertz CT molecular complexity index is 702. The molecule has 2 aromatic carbocycles. The molecule has 0 saturated heterocycles. The average Bonchev–Trinajstić information content (AvgIpc) is 2.58. The molecule has 0 fully saturated rings. The SMILES string of the molecule is COCCOCC(=O)N[C@@H](Cc1ccc2ccccc2c1)C(N)=O. The molecule has 6 heteroatoms. The Morgan fingerprint density at radius 1 is 1.12 bits per heavy atom. The Morgan fingerprint density at radius 3 is 2.58 bits per heavy atom. The van der Waals surface area contributed by atoms with E-state index < -0.39 is 11.9 Å². The highest BCUT2D eigenvalue weighted by Crippen LogP contribution is 2.16. The van der Waals surface area contributed by atoms with Crippen LogP contribution in [-0.4, -0.2) is 44.8 Å². The van der Waals surface area contributed by atoms with Gasteiger partial charge in [0.05, 0.1) is 13.2 Å². The van der Waals surface area contributed by atoms with Crippen LogP contribution in [-0.2, 0) is 25.5 Å². The zero-order valence-corrected chi connectivity index (χ0v) is 13.7. The molecule has 0 aliphatic carbocycles. The van der Waals surface area contributed by atoms with Gasteiger partial charge in [-0.2, -0.15) is 0 Å². The number of hydrogen-bond donors (Lipinski definition) is 2. The molecule has 6 nitrogen and oxygen atoms in total.